The summed E-state index contributed by atoms with van der Waals surface area (Å²) in [5.41, 5.74) is 8.41. The number of nitrogens with one attached hydrogen (secondary N) is 1. The van der Waals surface area contributed by atoms with Gasteiger partial charge in [0.2, 0.25) is 0 Å². The van der Waals surface area contributed by atoms with Gasteiger partial charge in [-0.05, 0) is 34.3 Å². The summed E-state index contributed by atoms with van der Waals surface area (Å²) in [5, 5.41) is 3.33. The smallest absolute Gasteiger partial charge is 0.0794 e. The SMILES string of the molecule is CSc1ccccc1Nc1c(N)cncc1Br. The van der Waals surface area contributed by atoms with Gasteiger partial charge in [0.15, 0.2) is 0 Å². The predicted molar refractivity (Wildman–Crippen MR) is 77.9 cm³/mol. The maximum absolute atomic E-state index is 5.90. The highest BCUT2D eigenvalue weighted by atomic mass is 79.9. The lowest BCUT2D eigenvalue weighted by atomic mass is 10.3. The van der Waals surface area contributed by atoms with Crippen LogP contribution >= 0.6 is 27.7 Å². The van der Waals surface area contributed by atoms with Crippen LogP contribution in [0.15, 0.2) is 46.0 Å². The largest absolute Gasteiger partial charge is 0.396 e. The molecular weight excluding hydrogens is 298 g/mol. The van der Waals surface area contributed by atoms with Crippen molar-refractivity contribution in [3.05, 3.63) is 41.1 Å². The van der Waals surface area contributed by atoms with E-state index in [0.717, 1.165) is 15.8 Å². The van der Waals surface area contributed by atoms with E-state index in [0.29, 0.717) is 5.69 Å². The number of pyridine rings is 1. The molecule has 0 saturated heterocycles. The van der Waals surface area contributed by atoms with Crippen molar-refractivity contribution in [2.45, 2.75) is 4.90 Å². The Morgan fingerprint density at radius 3 is 2.76 bits per heavy atom. The minimum absolute atomic E-state index is 0.621. The fourth-order valence-electron chi connectivity index (χ4n) is 1.46. The lowest BCUT2D eigenvalue weighted by molar-refractivity contribution is 1.30. The number of hydrogen-bond donors (Lipinski definition) is 2. The van der Waals surface area contributed by atoms with Crippen molar-refractivity contribution in [3.63, 3.8) is 0 Å². The van der Waals surface area contributed by atoms with Crippen LogP contribution in [0, 0.1) is 0 Å². The Balaban J connectivity index is 2.38. The van der Waals surface area contributed by atoms with Crippen LogP contribution in [0.4, 0.5) is 17.1 Å². The first-order chi connectivity index (χ1) is 8.22. The van der Waals surface area contributed by atoms with Crippen LogP contribution in [0.25, 0.3) is 0 Å². The molecule has 1 aromatic carbocycles. The Bertz CT molecular complexity index is 511. The van der Waals surface area contributed by atoms with Gasteiger partial charge in [0.25, 0.3) is 0 Å². The predicted octanol–water partition coefficient (Wildman–Crippen LogP) is 3.89. The van der Waals surface area contributed by atoms with Gasteiger partial charge in [-0.25, -0.2) is 0 Å². The molecule has 5 heteroatoms. The van der Waals surface area contributed by atoms with Crippen molar-refractivity contribution in [2.75, 3.05) is 17.3 Å². The van der Waals surface area contributed by atoms with Gasteiger partial charge < -0.3 is 11.1 Å². The van der Waals surface area contributed by atoms with Crippen molar-refractivity contribution in [2.24, 2.45) is 0 Å². The van der Waals surface area contributed by atoms with E-state index in [1.165, 1.54) is 4.90 Å². The molecule has 88 valence electrons. The normalized spacial score (nSPS) is 10.2. The number of anilines is 3. The van der Waals surface area contributed by atoms with Crippen LogP contribution < -0.4 is 11.1 Å². The zero-order chi connectivity index (χ0) is 12.3. The third kappa shape index (κ3) is 2.73. The second kappa shape index (κ2) is 5.42. The monoisotopic (exact) mass is 309 g/mol. The van der Waals surface area contributed by atoms with E-state index in [-0.39, 0.29) is 0 Å². The number of hydrogen-bond acceptors (Lipinski definition) is 4. The van der Waals surface area contributed by atoms with E-state index in [1.807, 2.05) is 24.5 Å². The van der Waals surface area contributed by atoms with E-state index in [9.17, 15) is 0 Å². The quantitative estimate of drug-likeness (QED) is 0.845. The van der Waals surface area contributed by atoms with Crippen molar-refractivity contribution >= 4 is 44.8 Å². The fourth-order valence-corrected chi connectivity index (χ4v) is 2.46. The number of halogens is 1. The number of nitrogens with two attached hydrogens (primary N) is 1. The fraction of sp³-hybridized carbons (Fsp3) is 0.0833. The Labute approximate surface area is 113 Å². The molecule has 0 aliphatic rings. The van der Waals surface area contributed by atoms with Gasteiger partial charge in [-0.3, -0.25) is 4.98 Å². The van der Waals surface area contributed by atoms with Crippen LogP contribution in [0.3, 0.4) is 0 Å². The highest BCUT2D eigenvalue weighted by molar-refractivity contribution is 9.10. The molecule has 0 amide bonds. The molecule has 0 unspecified atom stereocenters. The standard InChI is InChI=1S/C12H12BrN3S/c1-17-11-5-3-2-4-10(11)16-12-8(13)6-15-7-9(12)14/h2-7H,14H2,1H3,(H,15,16). The van der Waals surface area contributed by atoms with Gasteiger partial charge in [0.1, 0.15) is 0 Å². The summed E-state index contributed by atoms with van der Waals surface area (Å²) in [6.07, 6.45) is 5.40. The Morgan fingerprint density at radius 1 is 1.29 bits per heavy atom. The highest BCUT2D eigenvalue weighted by Gasteiger charge is 2.07. The summed E-state index contributed by atoms with van der Waals surface area (Å²) in [7, 11) is 0. The zero-order valence-electron chi connectivity index (χ0n) is 9.27. The summed E-state index contributed by atoms with van der Waals surface area (Å²) in [6.45, 7) is 0. The molecule has 1 heterocycles. The van der Waals surface area contributed by atoms with E-state index in [2.05, 4.69) is 32.3 Å². The van der Waals surface area contributed by atoms with Crippen molar-refractivity contribution in [1.82, 2.24) is 4.98 Å². The molecule has 0 aliphatic heterocycles. The van der Waals surface area contributed by atoms with Crippen LogP contribution in [-0.2, 0) is 0 Å². The van der Waals surface area contributed by atoms with Crippen LogP contribution in [0.5, 0.6) is 0 Å². The number of nitrogens with zero attached hydrogens (tertiary/aromatic N) is 1. The third-order valence-electron chi connectivity index (χ3n) is 2.30. The maximum Gasteiger partial charge on any atom is 0.0794 e. The Morgan fingerprint density at radius 2 is 2.06 bits per heavy atom. The molecule has 0 fully saturated rings. The average Bonchev–Trinajstić information content (AvgIpc) is 2.34. The Hall–Kier alpha value is -1.20. The van der Waals surface area contributed by atoms with Gasteiger partial charge >= 0.3 is 0 Å². The number of thioether (sulfide) groups is 1. The number of nitrogen functional groups attached to an aromatic ring is 1. The lowest BCUT2D eigenvalue weighted by Gasteiger charge is -2.13. The molecule has 0 atom stereocenters. The maximum atomic E-state index is 5.90. The zero-order valence-corrected chi connectivity index (χ0v) is 11.7. The van der Waals surface area contributed by atoms with Crippen molar-refractivity contribution in [1.29, 1.82) is 0 Å². The molecule has 1 aromatic heterocycles. The van der Waals surface area contributed by atoms with Crippen LogP contribution in [0.1, 0.15) is 0 Å². The number of rotatable bonds is 3. The summed E-state index contributed by atoms with van der Waals surface area (Å²) in [6, 6.07) is 8.10. The van der Waals surface area contributed by atoms with Gasteiger partial charge in [-0.2, -0.15) is 0 Å². The molecule has 3 nitrogen and oxygen atoms in total. The van der Waals surface area contributed by atoms with E-state index >= 15 is 0 Å². The van der Waals surface area contributed by atoms with Crippen LogP contribution in [-0.4, -0.2) is 11.2 Å². The molecule has 2 rings (SSSR count). The van der Waals surface area contributed by atoms with E-state index < -0.39 is 0 Å². The van der Waals surface area contributed by atoms with Gasteiger partial charge in [-0.1, -0.05) is 12.1 Å². The van der Waals surface area contributed by atoms with E-state index in [4.69, 9.17) is 5.73 Å². The minimum atomic E-state index is 0.621. The molecule has 3 N–H and O–H groups in total. The highest BCUT2D eigenvalue weighted by Crippen LogP contribution is 2.33. The first kappa shape index (κ1) is 12.3. The molecule has 0 radical (unpaired) electrons. The summed E-state index contributed by atoms with van der Waals surface area (Å²) >= 11 is 5.13. The minimum Gasteiger partial charge on any atom is -0.396 e. The summed E-state index contributed by atoms with van der Waals surface area (Å²) in [4.78, 5) is 5.19. The van der Waals surface area contributed by atoms with Crippen molar-refractivity contribution in [3.8, 4) is 0 Å². The first-order valence-corrected chi connectivity index (χ1v) is 7.03. The molecule has 0 aliphatic carbocycles. The van der Waals surface area contributed by atoms with Gasteiger partial charge in [0.05, 0.1) is 27.7 Å². The Kier molecular flexibility index (Phi) is 3.91. The number of aromatic nitrogens is 1. The lowest BCUT2D eigenvalue weighted by Crippen LogP contribution is -1.99. The second-order valence-electron chi connectivity index (χ2n) is 3.41. The molecule has 17 heavy (non-hydrogen) atoms. The first-order valence-electron chi connectivity index (χ1n) is 5.01. The molecular formula is C12H12BrN3S. The second-order valence-corrected chi connectivity index (χ2v) is 5.11. The summed E-state index contributed by atoms with van der Waals surface area (Å²) in [5.74, 6) is 0. The van der Waals surface area contributed by atoms with Gasteiger partial charge in [-0.15, -0.1) is 11.8 Å². The molecule has 0 spiro atoms. The van der Waals surface area contributed by atoms with Crippen molar-refractivity contribution < 1.29 is 0 Å². The van der Waals surface area contributed by atoms with Crippen LogP contribution in [0.2, 0.25) is 0 Å². The molecule has 0 bridgehead atoms. The topological polar surface area (TPSA) is 50.9 Å². The summed E-state index contributed by atoms with van der Waals surface area (Å²) < 4.78 is 0.855. The molecule has 0 saturated carbocycles. The third-order valence-corrected chi connectivity index (χ3v) is 3.69. The average molecular weight is 310 g/mol. The number of para-hydroxylation sites is 1. The van der Waals surface area contributed by atoms with E-state index in [1.54, 1.807) is 24.2 Å². The van der Waals surface area contributed by atoms with Gasteiger partial charge in [0, 0.05) is 11.1 Å². The molecule has 2 aromatic rings. The number of benzene rings is 1.